The second-order valence-electron chi connectivity index (χ2n) is 7.66. The van der Waals surface area contributed by atoms with Gasteiger partial charge in [-0.3, -0.25) is 4.79 Å². The Labute approximate surface area is 176 Å². The minimum absolute atomic E-state index is 0.00782. The van der Waals surface area contributed by atoms with Crippen molar-refractivity contribution < 1.29 is 9.53 Å². The van der Waals surface area contributed by atoms with Gasteiger partial charge in [-0.2, -0.15) is 4.52 Å². The lowest BCUT2D eigenvalue weighted by atomic mass is 9.94. The lowest BCUT2D eigenvalue weighted by Gasteiger charge is -2.36. The molecule has 0 N–H and O–H groups in total. The molecule has 30 heavy (non-hydrogen) atoms. The Morgan fingerprint density at radius 1 is 1.27 bits per heavy atom. The van der Waals surface area contributed by atoms with E-state index >= 15 is 0 Å². The van der Waals surface area contributed by atoms with Crippen molar-refractivity contribution in [1.82, 2.24) is 24.7 Å². The summed E-state index contributed by atoms with van der Waals surface area (Å²) in [5, 5.41) is 12.4. The highest BCUT2D eigenvalue weighted by molar-refractivity contribution is 5.79. The number of hydrogen-bond donors (Lipinski definition) is 0. The van der Waals surface area contributed by atoms with E-state index in [9.17, 15) is 4.79 Å². The Balaban J connectivity index is 1.41. The number of carbonyl (C=O) groups excluding carboxylic acids is 1. The summed E-state index contributed by atoms with van der Waals surface area (Å²) in [5.41, 5.74) is 1.82. The number of ether oxygens (including phenoxy) is 1. The number of piperidine rings is 1. The average molecular weight is 409 g/mol. The first-order valence-corrected chi connectivity index (χ1v) is 10.5. The second kappa shape index (κ2) is 8.69. The van der Waals surface area contributed by atoms with E-state index in [1.165, 1.54) is 0 Å². The summed E-state index contributed by atoms with van der Waals surface area (Å²) < 4.78 is 7.03. The Bertz CT molecular complexity index is 1010. The molecule has 0 spiro atoms. The van der Waals surface area contributed by atoms with Crippen LogP contribution in [0.1, 0.15) is 38.3 Å². The molecule has 1 aliphatic rings. The summed E-state index contributed by atoms with van der Waals surface area (Å²) in [7, 11) is 1.66. The first-order valence-electron chi connectivity index (χ1n) is 10.5. The predicted molar refractivity (Wildman–Crippen MR) is 115 cm³/mol. The molecule has 1 amide bonds. The Morgan fingerprint density at radius 2 is 2.07 bits per heavy atom. The Morgan fingerprint density at radius 3 is 2.80 bits per heavy atom. The van der Waals surface area contributed by atoms with Gasteiger partial charge in [-0.05, 0) is 56.5 Å². The maximum absolute atomic E-state index is 13.3. The highest BCUT2D eigenvalue weighted by Crippen LogP contribution is 2.29. The van der Waals surface area contributed by atoms with Gasteiger partial charge in [0.2, 0.25) is 5.91 Å². The molecular formula is C22H28N6O2. The molecule has 1 fully saturated rings. The summed E-state index contributed by atoms with van der Waals surface area (Å²) in [5.74, 6) is 1.97. The number of benzene rings is 1. The summed E-state index contributed by atoms with van der Waals surface area (Å²) >= 11 is 0. The van der Waals surface area contributed by atoms with E-state index in [-0.39, 0.29) is 17.9 Å². The van der Waals surface area contributed by atoms with Crippen molar-refractivity contribution in [3.05, 3.63) is 48.3 Å². The van der Waals surface area contributed by atoms with Crippen LogP contribution in [0.4, 0.5) is 5.82 Å². The van der Waals surface area contributed by atoms with Crippen molar-refractivity contribution in [2.24, 2.45) is 5.92 Å². The SMILES string of the molecule is CCN(C(=O)C1CCN(c2ccc3nncn3n2)CC1)C(C)c1cccc(OC)c1. The van der Waals surface area contributed by atoms with Gasteiger partial charge in [-0.1, -0.05) is 12.1 Å². The fourth-order valence-electron chi connectivity index (χ4n) is 4.18. The van der Waals surface area contributed by atoms with E-state index in [0.717, 1.165) is 48.7 Å². The third-order valence-electron chi connectivity index (χ3n) is 5.98. The van der Waals surface area contributed by atoms with Crippen LogP contribution >= 0.6 is 0 Å². The first kappa shape index (κ1) is 20.1. The zero-order valence-electron chi connectivity index (χ0n) is 17.7. The monoisotopic (exact) mass is 408 g/mol. The number of nitrogens with zero attached hydrogens (tertiary/aromatic N) is 6. The van der Waals surface area contributed by atoms with Crippen LogP contribution in [-0.4, -0.2) is 57.4 Å². The predicted octanol–water partition coefficient (Wildman–Crippen LogP) is 2.96. The molecule has 1 aromatic carbocycles. The zero-order chi connectivity index (χ0) is 21.1. The lowest BCUT2D eigenvalue weighted by Crippen LogP contribution is -2.43. The summed E-state index contributed by atoms with van der Waals surface area (Å²) in [6.07, 6.45) is 3.25. The fourth-order valence-corrected chi connectivity index (χ4v) is 4.18. The van der Waals surface area contributed by atoms with Crippen molar-refractivity contribution >= 4 is 17.4 Å². The highest BCUT2D eigenvalue weighted by atomic mass is 16.5. The van der Waals surface area contributed by atoms with E-state index in [1.54, 1.807) is 18.0 Å². The number of methoxy groups -OCH3 is 1. The van der Waals surface area contributed by atoms with Gasteiger partial charge in [-0.15, -0.1) is 15.3 Å². The highest BCUT2D eigenvalue weighted by Gasteiger charge is 2.31. The van der Waals surface area contributed by atoms with Gasteiger partial charge in [0, 0.05) is 25.6 Å². The molecule has 2 aromatic heterocycles. The number of anilines is 1. The van der Waals surface area contributed by atoms with Gasteiger partial charge in [0.15, 0.2) is 5.65 Å². The van der Waals surface area contributed by atoms with E-state index in [4.69, 9.17) is 4.74 Å². The Kier molecular flexibility index (Phi) is 5.83. The van der Waals surface area contributed by atoms with E-state index in [0.29, 0.717) is 6.54 Å². The number of hydrogen-bond acceptors (Lipinski definition) is 6. The minimum atomic E-state index is 0.00782. The van der Waals surface area contributed by atoms with Gasteiger partial charge in [-0.25, -0.2) is 0 Å². The van der Waals surface area contributed by atoms with E-state index in [1.807, 2.05) is 42.2 Å². The average Bonchev–Trinajstić information content (AvgIpc) is 3.27. The maximum atomic E-state index is 13.3. The molecule has 0 aliphatic carbocycles. The third-order valence-corrected chi connectivity index (χ3v) is 5.98. The molecule has 8 heteroatoms. The molecule has 0 bridgehead atoms. The molecule has 3 heterocycles. The number of amides is 1. The summed E-state index contributed by atoms with van der Waals surface area (Å²) in [6, 6.07) is 11.9. The minimum Gasteiger partial charge on any atom is -0.497 e. The molecule has 3 aromatic rings. The molecule has 1 aliphatic heterocycles. The molecule has 158 valence electrons. The van der Waals surface area contributed by atoms with Crippen molar-refractivity contribution in [1.29, 1.82) is 0 Å². The van der Waals surface area contributed by atoms with Crippen LogP contribution in [0.15, 0.2) is 42.7 Å². The van der Waals surface area contributed by atoms with Crippen molar-refractivity contribution in [2.45, 2.75) is 32.7 Å². The molecule has 0 saturated carbocycles. The quantitative estimate of drug-likeness (QED) is 0.624. The molecule has 1 saturated heterocycles. The summed E-state index contributed by atoms with van der Waals surface area (Å²) in [4.78, 5) is 17.5. The normalized spacial score (nSPS) is 15.9. The topological polar surface area (TPSA) is 75.9 Å². The smallest absolute Gasteiger partial charge is 0.226 e. The van der Waals surface area contributed by atoms with Gasteiger partial charge >= 0.3 is 0 Å². The van der Waals surface area contributed by atoms with Crippen LogP contribution in [0.5, 0.6) is 5.75 Å². The van der Waals surface area contributed by atoms with E-state index < -0.39 is 0 Å². The first-order chi connectivity index (χ1) is 14.6. The molecule has 4 rings (SSSR count). The maximum Gasteiger partial charge on any atom is 0.226 e. The molecule has 0 radical (unpaired) electrons. The molecule has 8 nitrogen and oxygen atoms in total. The molecule has 1 unspecified atom stereocenters. The largest absolute Gasteiger partial charge is 0.497 e. The zero-order valence-corrected chi connectivity index (χ0v) is 17.7. The number of aromatic nitrogens is 4. The lowest BCUT2D eigenvalue weighted by molar-refractivity contribution is -0.138. The van der Waals surface area contributed by atoms with Crippen molar-refractivity contribution in [3.63, 3.8) is 0 Å². The number of rotatable bonds is 6. The van der Waals surface area contributed by atoms with Gasteiger partial charge in [0.1, 0.15) is 17.9 Å². The number of carbonyl (C=O) groups is 1. The van der Waals surface area contributed by atoms with Gasteiger partial charge in [0.25, 0.3) is 0 Å². The van der Waals surface area contributed by atoms with Crippen LogP contribution < -0.4 is 9.64 Å². The summed E-state index contributed by atoms with van der Waals surface area (Å²) in [6.45, 7) is 6.43. The third kappa shape index (κ3) is 3.94. The van der Waals surface area contributed by atoms with Crippen LogP contribution in [0.2, 0.25) is 0 Å². The van der Waals surface area contributed by atoms with Gasteiger partial charge < -0.3 is 14.5 Å². The van der Waals surface area contributed by atoms with E-state index in [2.05, 4.69) is 33.2 Å². The molecular weight excluding hydrogens is 380 g/mol. The molecule has 1 atom stereocenters. The van der Waals surface area contributed by atoms with Crippen LogP contribution in [-0.2, 0) is 4.79 Å². The number of fused-ring (bicyclic) bond motifs is 1. The standard InChI is InChI=1S/C22H28N6O2/c1-4-27(16(2)18-6-5-7-19(14-18)30-3)22(29)17-10-12-26(13-11-17)21-9-8-20-24-23-15-28(20)25-21/h5-9,14-17H,4,10-13H2,1-3H3. The Hall–Kier alpha value is -3.16. The van der Waals surface area contributed by atoms with Crippen molar-refractivity contribution in [3.8, 4) is 5.75 Å². The van der Waals surface area contributed by atoms with Crippen LogP contribution in [0, 0.1) is 5.92 Å². The van der Waals surface area contributed by atoms with Crippen LogP contribution in [0.3, 0.4) is 0 Å². The van der Waals surface area contributed by atoms with Crippen LogP contribution in [0.25, 0.3) is 5.65 Å². The van der Waals surface area contributed by atoms with Gasteiger partial charge in [0.05, 0.1) is 13.2 Å². The second-order valence-corrected chi connectivity index (χ2v) is 7.66. The van der Waals surface area contributed by atoms with Crippen molar-refractivity contribution in [2.75, 3.05) is 31.6 Å². The fraction of sp³-hybridized carbons (Fsp3) is 0.455.